The lowest BCUT2D eigenvalue weighted by Crippen LogP contribution is -2.65. The smallest absolute Gasteiger partial charge is 0.244 e. The molecule has 0 bridgehead atoms. The van der Waals surface area contributed by atoms with Crippen LogP contribution in [0.3, 0.4) is 0 Å². The monoisotopic (exact) mass is 298 g/mol. The highest BCUT2D eigenvalue weighted by atomic mass is 16.2. The number of amides is 2. The Bertz CT molecular complexity index is 739. The van der Waals surface area contributed by atoms with Gasteiger partial charge in [0, 0.05) is 43.3 Å². The number of hydrogen-bond donors (Lipinski definition) is 2. The number of aromatic nitrogens is 1. The Morgan fingerprint density at radius 1 is 1.18 bits per heavy atom. The van der Waals surface area contributed by atoms with E-state index in [0.29, 0.717) is 13.1 Å². The third-order valence-electron chi connectivity index (χ3n) is 4.57. The number of H-pyrrole nitrogens is 1. The number of benzene rings is 1. The zero-order valence-electron chi connectivity index (χ0n) is 12.2. The SMILES string of the molecule is O=C1NCC(=O)N2CCN(Cc3c[nH]c4ccccc34)CC12. The summed E-state index contributed by atoms with van der Waals surface area (Å²) in [5.41, 5.74) is 2.35. The number of aromatic amines is 1. The van der Waals surface area contributed by atoms with Crippen LogP contribution in [0.15, 0.2) is 30.5 Å². The molecule has 3 heterocycles. The maximum Gasteiger partial charge on any atom is 0.244 e. The highest BCUT2D eigenvalue weighted by molar-refractivity contribution is 5.95. The molecular formula is C16H18N4O2. The predicted octanol–water partition coefficient (Wildman–Crippen LogP) is 0.311. The van der Waals surface area contributed by atoms with Crippen LogP contribution in [0.25, 0.3) is 10.9 Å². The summed E-state index contributed by atoms with van der Waals surface area (Å²) in [6, 6.07) is 7.86. The molecule has 114 valence electrons. The standard InChI is InChI=1S/C16H18N4O2/c21-15-8-18-16(22)14-10-19(5-6-20(14)15)9-11-7-17-13-4-2-1-3-12(11)13/h1-4,7,14,17H,5-6,8-10H2,(H,18,22). The minimum atomic E-state index is -0.347. The Labute approximate surface area is 128 Å². The Kier molecular flexibility index (Phi) is 3.11. The van der Waals surface area contributed by atoms with Crippen molar-refractivity contribution in [3.05, 3.63) is 36.0 Å². The molecular weight excluding hydrogens is 280 g/mol. The van der Waals surface area contributed by atoms with Crippen molar-refractivity contribution in [2.45, 2.75) is 12.6 Å². The van der Waals surface area contributed by atoms with E-state index in [1.54, 1.807) is 4.90 Å². The van der Waals surface area contributed by atoms with E-state index in [9.17, 15) is 9.59 Å². The molecule has 2 aliphatic heterocycles. The number of nitrogens with zero attached hydrogens (tertiary/aromatic N) is 2. The first-order chi connectivity index (χ1) is 10.7. The number of carbonyl (C=O) groups is 2. The number of piperazine rings is 2. The Hall–Kier alpha value is -2.34. The Morgan fingerprint density at radius 2 is 2.05 bits per heavy atom. The van der Waals surface area contributed by atoms with Gasteiger partial charge in [-0.3, -0.25) is 14.5 Å². The average Bonchev–Trinajstić information content (AvgIpc) is 2.94. The number of hydrogen-bond acceptors (Lipinski definition) is 3. The number of rotatable bonds is 2. The summed E-state index contributed by atoms with van der Waals surface area (Å²) in [6.07, 6.45) is 2.03. The summed E-state index contributed by atoms with van der Waals surface area (Å²) in [4.78, 5) is 31.1. The van der Waals surface area contributed by atoms with E-state index >= 15 is 0 Å². The molecule has 2 saturated heterocycles. The fraction of sp³-hybridized carbons (Fsp3) is 0.375. The summed E-state index contributed by atoms with van der Waals surface area (Å²) in [5.74, 6) is -0.0143. The number of para-hydroxylation sites is 1. The van der Waals surface area contributed by atoms with Crippen molar-refractivity contribution < 1.29 is 9.59 Å². The van der Waals surface area contributed by atoms with Crippen molar-refractivity contribution in [3.8, 4) is 0 Å². The molecule has 1 atom stereocenters. The molecule has 0 spiro atoms. The highest BCUT2D eigenvalue weighted by Crippen LogP contribution is 2.21. The van der Waals surface area contributed by atoms with Crippen molar-refractivity contribution in [2.24, 2.45) is 0 Å². The van der Waals surface area contributed by atoms with Gasteiger partial charge in [0.2, 0.25) is 11.8 Å². The van der Waals surface area contributed by atoms with Gasteiger partial charge in [0.15, 0.2) is 0 Å². The molecule has 1 aromatic carbocycles. The van der Waals surface area contributed by atoms with Crippen LogP contribution in [0, 0.1) is 0 Å². The van der Waals surface area contributed by atoms with Crippen LogP contribution in [0.1, 0.15) is 5.56 Å². The van der Waals surface area contributed by atoms with Crippen molar-refractivity contribution in [1.29, 1.82) is 0 Å². The zero-order valence-corrected chi connectivity index (χ0v) is 12.2. The summed E-state index contributed by atoms with van der Waals surface area (Å²) in [7, 11) is 0. The fourth-order valence-electron chi connectivity index (χ4n) is 3.39. The zero-order chi connectivity index (χ0) is 15.1. The summed E-state index contributed by atoms with van der Waals surface area (Å²) < 4.78 is 0. The second kappa shape index (κ2) is 5.14. The van der Waals surface area contributed by atoms with Gasteiger partial charge in [-0.2, -0.15) is 0 Å². The van der Waals surface area contributed by atoms with Crippen LogP contribution in [-0.4, -0.2) is 58.8 Å². The topological polar surface area (TPSA) is 68.4 Å². The molecule has 2 aromatic rings. The molecule has 0 saturated carbocycles. The lowest BCUT2D eigenvalue weighted by molar-refractivity contribution is -0.149. The van der Waals surface area contributed by atoms with Gasteiger partial charge in [-0.05, 0) is 11.6 Å². The van der Waals surface area contributed by atoms with E-state index in [-0.39, 0.29) is 24.4 Å². The van der Waals surface area contributed by atoms with Crippen LogP contribution in [0.5, 0.6) is 0 Å². The van der Waals surface area contributed by atoms with E-state index < -0.39 is 0 Å². The molecule has 6 heteroatoms. The molecule has 2 aliphatic rings. The summed E-state index contributed by atoms with van der Waals surface area (Å²) in [5, 5.41) is 3.89. The summed E-state index contributed by atoms with van der Waals surface area (Å²) >= 11 is 0. The van der Waals surface area contributed by atoms with Crippen molar-refractivity contribution in [3.63, 3.8) is 0 Å². The van der Waals surface area contributed by atoms with E-state index in [1.807, 2.05) is 18.3 Å². The maximum absolute atomic E-state index is 12.0. The second-order valence-corrected chi connectivity index (χ2v) is 5.92. The second-order valence-electron chi connectivity index (χ2n) is 5.92. The fourth-order valence-corrected chi connectivity index (χ4v) is 3.39. The summed E-state index contributed by atoms with van der Waals surface area (Å²) in [6.45, 7) is 2.94. The molecule has 1 unspecified atom stereocenters. The minimum Gasteiger partial charge on any atom is -0.361 e. The first kappa shape index (κ1) is 13.3. The van der Waals surface area contributed by atoms with Gasteiger partial charge in [-0.25, -0.2) is 0 Å². The molecule has 4 rings (SSSR count). The minimum absolute atomic E-state index is 0.0244. The van der Waals surface area contributed by atoms with Crippen LogP contribution < -0.4 is 5.32 Å². The maximum atomic E-state index is 12.0. The van der Waals surface area contributed by atoms with Crippen molar-refractivity contribution in [1.82, 2.24) is 20.1 Å². The van der Waals surface area contributed by atoms with Gasteiger partial charge in [0.25, 0.3) is 0 Å². The average molecular weight is 298 g/mol. The van der Waals surface area contributed by atoms with Gasteiger partial charge in [-0.1, -0.05) is 18.2 Å². The van der Waals surface area contributed by atoms with Gasteiger partial charge in [-0.15, -0.1) is 0 Å². The van der Waals surface area contributed by atoms with Gasteiger partial charge >= 0.3 is 0 Å². The third kappa shape index (κ3) is 2.16. The quantitative estimate of drug-likeness (QED) is 0.838. The van der Waals surface area contributed by atoms with Crippen LogP contribution in [-0.2, 0) is 16.1 Å². The van der Waals surface area contributed by atoms with E-state index in [1.165, 1.54) is 10.9 Å². The predicted molar refractivity (Wildman–Crippen MR) is 82.1 cm³/mol. The Morgan fingerprint density at radius 3 is 2.95 bits per heavy atom. The van der Waals surface area contributed by atoms with E-state index in [4.69, 9.17) is 0 Å². The molecule has 0 aliphatic carbocycles. The highest BCUT2D eigenvalue weighted by Gasteiger charge is 2.38. The van der Waals surface area contributed by atoms with Gasteiger partial charge in [0.05, 0.1) is 6.54 Å². The molecule has 1 aromatic heterocycles. The van der Waals surface area contributed by atoms with Crippen molar-refractivity contribution in [2.75, 3.05) is 26.2 Å². The van der Waals surface area contributed by atoms with E-state index in [0.717, 1.165) is 18.6 Å². The lowest BCUT2D eigenvalue weighted by Gasteiger charge is -2.42. The number of nitrogens with one attached hydrogen (secondary N) is 2. The van der Waals surface area contributed by atoms with Crippen LogP contribution >= 0.6 is 0 Å². The van der Waals surface area contributed by atoms with Crippen molar-refractivity contribution >= 4 is 22.7 Å². The molecule has 2 amide bonds. The number of carbonyl (C=O) groups excluding carboxylic acids is 2. The molecule has 2 fully saturated rings. The molecule has 2 N–H and O–H groups in total. The van der Waals surface area contributed by atoms with Crippen LogP contribution in [0.2, 0.25) is 0 Å². The largest absolute Gasteiger partial charge is 0.361 e. The first-order valence-corrected chi connectivity index (χ1v) is 7.57. The molecule has 6 nitrogen and oxygen atoms in total. The molecule has 0 radical (unpaired) electrons. The first-order valence-electron chi connectivity index (χ1n) is 7.57. The van der Waals surface area contributed by atoms with E-state index in [2.05, 4.69) is 27.3 Å². The number of fused-ring (bicyclic) bond motifs is 2. The lowest BCUT2D eigenvalue weighted by atomic mass is 10.1. The van der Waals surface area contributed by atoms with Gasteiger partial charge < -0.3 is 15.2 Å². The Balaban J connectivity index is 1.52. The normalized spacial score (nSPS) is 22.7. The molecule has 22 heavy (non-hydrogen) atoms. The van der Waals surface area contributed by atoms with Crippen LogP contribution in [0.4, 0.5) is 0 Å². The van der Waals surface area contributed by atoms with Gasteiger partial charge in [0.1, 0.15) is 6.04 Å². The third-order valence-corrected chi connectivity index (χ3v) is 4.57.